The molecule has 0 amide bonds. The molecule has 1 N–H and O–H groups in total. The summed E-state index contributed by atoms with van der Waals surface area (Å²) in [7, 11) is 0. The minimum atomic E-state index is -0.258. The third-order valence-electron chi connectivity index (χ3n) is 4.63. The van der Waals surface area contributed by atoms with Crippen LogP contribution in [-0.2, 0) is 0 Å². The largest absolute Gasteiger partial charge is 0.411 e. The number of pyridine rings is 1. The highest BCUT2D eigenvalue weighted by Crippen LogP contribution is 2.33. The van der Waals surface area contributed by atoms with Crippen LogP contribution in [0.25, 0.3) is 0 Å². The molecule has 138 valence electrons. The van der Waals surface area contributed by atoms with E-state index < -0.39 is 0 Å². The van der Waals surface area contributed by atoms with Crippen LogP contribution in [0.1, 0.15) is 40.3 Å². The van der Waals surface area contributed by atoms with Gasteiger partial charge in [0.25, 0.3) is 0 Å². The second kappa shape index (κ2) is 8.44. The maximum Gasteiger partial charge on any atom is 0.123 e. The van der Waals surface area contributed by atoms with E-state index in [1.165, 1.54) is 12.1 Å². The molecule has 0 saturated carbocycles. The molecule has 27 heavy (non-hydrogen) atoms. The first-order chi connectivity index (χ1) is 13.0. The molecule has 0 radical (unpaired) electrons. The first-order valence-corrected chi connectivity index (χ1v) is 9.42. The Hall–Kier alpha value is -2.53. The Kier molecular flexibility index (Phi) is 6.01. The minimum absolute atomic E-state index is 0.0712. The van der Waals surface area contributed by atoms with Gasteiger partial charge in [0.1, 0.15) is 5.82 Å². The van der Waals surface area contributed by atoms with Gasteiger partial charge >= 0.3 is 0 Å². The van der Waals surface area contributed by atoms with Gasteiger partial charge in [-0.15, -0.1) is 0 Å². The maximum atomic E-state index is 13.6. The number of hydrogen-bond donors (Lipinski definition) is 1. The van der Waals surface area contributed by atoms with Crippen molar-refractivity contribution in [3.8, 4) is 0 Å². The van der Waals surface area contributed by atoms with Crippen LogP contribution < -0.4 is 0 Å². The first-order valence-electron chi connectivity index (χ1n) is 8.63. The van der Waals surface area contributed by atoms with E-state index >= 15 is 0 Å². The average Bonchev–Trinajstić information content (AvgIpc) is 2.64. The highest BCUT2D eigenvalue weighted by Gasteiger charge is 2.21. The SMILES string of the molecule is Cc1cc(/C(CC(c2ccc(Br)cc2)c2ccc(F)cc2C)=N/O)ccn1. The summed E-state index contributed by atoms with van der Waals surface area (Å²) in [4.78, 5) is 4.20. The molecule has 0 aliphatic rings. The third kappa shape index (κ3) is 4.61. The number of rotatable bonds is 5. The van der Waals surface area contributed by atoms with E-state index in [0.29, 0.717) is 12.1 Å². The van der Waals surface area contributed by atoms with Crippen LogP contribution in [0.4, 0.5) is 4.39 Å². The summed E-state index contributed by atoms with van der Waals surface area (Å²) in [5.41, 5.74) is 5.19. The van der Waals surface area contributed by atoms with Crippen molar-refractivity contribution in [3.63, 3.8) is 0 Å². The van der Waals surface area contributed by atoms with Gasteiger partial charge in [0.05, 0.1) is 5.71 Å². The van der Waals surface area contributed by atoms with E-state index in [9.17, 15) is 9.60 Å². The zero-order valence-corrected chi connectivity index (χ0v) is 16.7. The molecule has 0 aliphatic heterocycles. The van der Waals surface area contributed by atoms with E-state index in [0.717, 1.165) is 32.4 Å². The van der Waals surface area contributed by atoms with E-state index in [1.54, 1.807) is 6.20 Å². The molecule has 1 aromatic heterocycles. The molecule has 0 bridgehead atoms. The van der Waals surface area contributed by atoms with Gasteiger partial charge in [0, 0.05) is 34.3 Å². The summed E-state index contributed by atoms with van der Waals surface area (Å²) >= 11 is 3.46. The van der Waals surface area contributed by atoms with Gasteiger partial charge in [-0.2, -0.15) is 0 Å². The standard InChI is InChI=1S/C22H20BrFN2O/c1-14-11-19(24)7-8-20(14)21(16-3-5-18(23)6-4-16)13-22(26-27)17-9-10-25-15(2)12-17/h3-12,21,27H,13H2,1-2H3/b26-22+. The van der Waals surface area contributed by atoms with Crippen LogP contribution in [0.15, 0.2) is 70.4 Å². The van der Waals surface area contributed by atoms with Gasteiger partial charge in [0.15, 0.2) is 0 Å². The summed E-state index contributed by atoms with van der Waals surface area (Å²) in [6.45, 7) is 3.80. The molecular weight excluding hydrogens is 407 g/mol. The number of nitrogens with zero attached hydrogens (tertiary/aromatic N) is 2. The van der Waals surface area contributed by atoms with Gasteiger partial charge in [0.2, 0.25) is 0 Å². The van der Waals surface area contributed by atoms with E-state index in [-0.39, 0.29) is 11.7 Å². The second-order valence-corrected chi connectivity index (χ2v) is 7.46. The average molecular weight is 427 g/mol. The van der Waals surface area contributed by atoms with Gasteiger partial charge in [-0.25, -0.2) is 4.39 Å². The van der Waals surface area contributed by atoms with Gasteiger partial charge in [-0.3, -0.25) is 4.98 Å². The van der Waals surface area contributed by atoms with Crippen LogP contribution in [0.2, 0.25) is 0 Å². The minimum Gasteiger partial charge on any atom is -0.411 e. The molecule has 3 nitrogen and oxygen atoms in total. The van der Waals surface area contributed by atoms with Gasteiger partial charge in [-0.1, -0.05) is 39.3 Å². The predicted molar refractivity (Wildman–Crippen MR) is 109 cm³/mol. The molecular formula is C22H20BrFN2O. The van der Waals surface area contributed by atoms with Crippen molar-refractivity contribution in [2.24, 2.45) is 5.16 Å². The number of aryl methyl sites for hydroxylation is 2. The molecule has 0 saturated heterocycles. The number of oxime groups is 1. The van der Waals surface area contributed by atoms with Crippen LogP contribution in [0.3, 0.4) is 0 Å². The Morgan fingerprint density at radius 1 is 1.11 bits per heavy atom. The third-order valence-corrected chi connectivity index (χ3v) is 5.16. The number of aromatic nitrogens is 1. The smallest absolute Gasteiger partial charge is 0.123 e. The summed E-state index contributed by atoms with van der Waals surface area (Å²) < 4.78 is 14.6. The first kappa shape index (κ1) is 19.2. The molecule has 2 aromatic carbocycles. The quantitative estimate of drug-likeness (QED) is 0.308. The molecule has 3 aromatic rings. The number of benzene rings is 2. The summed E-state index contributed by atoms with van der Waals surface area (Å²) in [6.07, 6.45) is 2.18. The zero-order chi connectivity index (χ0) is 19.4. The summed E-state index contributed by atoms with van der Waals surface area (Å²) in [5.74, 6) is -0.329. The lowest BCUT2D eigenvalue weighted by Crippen LogP contribution is -2.12. The van der Waals surface area contributed by atoms with Gasteiger partial charge < -0.3 is 5.21 Å². The molecule has 0 spiro atoms. The second-order valence-electron chi connectivity index (χ2n) is 6.54. The highest BCUT2D eigenvalue weighted by atomic mass is 79.9. The Morgan fingerprint density at radius 2 is 1.85 bits per heavy atom. The van der Waals surface area contributed by atoms with Crippen molar-refractivity contribution in [2.75, 3.05) is 0 Å². The Bertz CT molecular complexity index is 970. The Balaban J connectivity index is 2.05. The van der Waals surface area contributed by atoms with Crippen molar-refractivity contribution in [2.45, 2.75) is 26.2 Å². The summed E-state index contributed by atoms with van der Waals surface area (Å²) in [6, 6.07) is 16.6. The fraction of sp³-hybridized carbons (Fsp3) is 0.182. The maximum absolute atomic E-state index is 13.6. The molecule has 3 rings (SSSR count). The van der Waals surface area contributed by atoms with Crippen LogP contribution in [0, 0.1) is 19.7 Å². The number of halogens is 2. The fourth-order valence-corrected chi connectivity index (χ4v) is 3.53. The van der Waals surface area contributed by atoms with Crippen molar-refractivity contribution < 1.29 is 9.60 Å². The van der Waals surface area contributed by atoms with E-state index in [1.807, 2.05) is 56.3 Å². The predicted octanol–water partition coefficient (Wildman–Crippen LogP) is 6.00. The molecule has 0 fully saturated rings. The molecule has 1 heterocycles. The van der Waals surface area contributed by atoms with Crippen LogP contribution in [0.5, 0.6) is 0 Å². The fourth-order valence-electron chi connectivity index (χ4n) is 3.27. The number of hydrogen-bond acceptors (Lipinski definition) is 3. The normalized spacial score (nSPS) is 12.8. The lowest BCUT2D eigenvalue weighted by atomic mass is 9.83. The Labute approximate surface area is 166 Å². The molecule has 0 aliphatic carbocycles. The van der Waals surface area contributed by atoms with E-state index in [2.05, 4.69) is 26.1 Å². The van der Waals surface area contributed by atoms with Crippen LogP contribution >= 0.6 is 15.9 Å². The monoisotopic (exact) mass is 426 g/mol. The molecule has 5 heteroatoms. The van der Waals surface area contributed by atoms with E-state index in [4.69, 9.17) is 0 Å². The lowest BCUT2D eigenvalue weighted by molar-refractivity contribution is 0.317. The summed E-state index contributed by atoms with van der Waals surface area (Å²) in [5, 5.41) is 13.2. The van der Waals surface area contributed by atoms with Crippen molar-refractivity contribution in [1.82, 2.24) is 4.98 Å². The zero-order valence-electron chi connectivity index (χ0n) is 15.2. The van der Waals surface area contributed by atoms with Crippen molar-refractivity contribution >= 4 is 21.6 Å². The molecule has 1 unspecified atom stereocenters. The molecule has 1 atom stereocenters. The van der Waals surface area contributed by atoms with Crippen molar-refractivity contribution in [1.29, 1.82) is 0 Å². The lowest BCUT2D eigenvalue weighted by Gasteiger charge is -2.21. The van der Waals surface area contributed by atoms with Crippen LogP contribution in [-0.4, -0.2) is 15.9 Å². The Morgan fingerprint density at radius 3 is 2.48 bits per heavy atom. The topological polar surface area (TPSA) is 45.5 Å². The highest BCUT2D eigenvalue weighted by molar-refractivity contribution is 9.10. The van der Waals surface area contributed by atoms with Gasteiger partial charge in [-0.05, 0) is 66.9 Å². The van der Waals surface area contributed by atoms with Crippen molar-refractivity contribution in [3.05, 3.63) is 99.0 Å².